The highest BCUT2D eigenvalue weighted by Crippen LogP contribution is 2.08. The minimum absolute atomic E-state index is 0.513. The van der Waals surface area contributed by atoms with Gasteiger partial charge in [-0.3, -0.25) is 0 Å². The molecule has 0 radical (unpaired) electrons. The molecule has 0 spiro atoms. The van der Waals surface area contributed by atoms with Gasteiger partial charge in [0, 0.05) is 12.7 Å². The first-order chi connectivity index (χ1) is 8.15. The highest BCUT2D eigenvalue weighted by molar-refractivity contribution is 5.12. The summed E-state index contributed by atoms with van der Waals surface area (Å²) in [6.45, 7) is 8.03. The Labute approximate surface area is 101 Å². The summed E-state index contributed by atoms with van der Waals surface area (Å²) >= 11 is 0. The Kier molecular flexibility index (Phi) is 3.58. The van der Waals surface area contributed by atoms with E-state index in [4.69, 9.17) is 4.42 Å². The van der Waals surface area contributed by atoms with Gasteiger partial charge >= 0.3 is 6.01 Å². The molecule has 0 aliphatic rings. The molecule has 2 aromatic heterocycles. The second kappa shape index (κ2) is 5.14. The molecular weight excluding hydrogens is 216 g/mol. The average molecular weight is 234 g/mol. The van der Waals surface area contributed by atoms with E-state index < -0.39 is 0 Å². The number of hydrogen-bond donors (Lipinski definition) is 1. The van der Waals surface area contributed by atoms with E-state index in [9.17, 15) is 0 Å². The van der Waals surface area contributed by atoms with Gasteiger partial charge in [-0.05, 0) is 24.9 Å². The third kappa shape index (κ3) is 3.17. The molecule has 0 aromatic carbocycles. The summed E-state index contributed by atoms with van der Waals surface area (Å²) in [4.78, 5) is 4.36. The third-order valence-corrected chi connectivity index (χ3v) is 2.31. The number of rotatable bonds is 5. The van der Waals surface area contributed by atoms with Crippen LogP contribution in [-0.2, 0) is 6.54 Å². The van der Waals surface area contributed by atoms with E-state index >= 15 is 0 Å². The molecular formula is C12H18N4O. The number of oxazole rings is 1. The van der Waals surface area contributed by atoms with E-state index in [1.807, 2.05) is 13.1 Å². The minimum atomic E-state index is 0.513. The van der Waals surface area contributed by atoms with Crippen LogP contribution in [0.1, 0.15) is 25.1 Å². The Morgan fingerprint density at radius 3 is 2.94 bits per heavy atom. The Hall–Kier alpha value is -1.62. The zero-order valence-electron chi connectivity index (χ0n) is 10.5. The minimum Gasteiger partial charge on any atom is -0.430 e. The fourth-order valence-corrected chi connectivity index (χ4v) is 1.49. The molecule has 0 unspecified atom stereocenters. The molecule has 92 valence electrons. The lowest BCUT2D eigenvalue weighted by Crippen LogP contribution is -2.19. The van der Waals surface area contributed by atoms with Crippen LogP contribution in [0.2, 0.25) is 0 Å². The first-order valence-electron chi connectivity index (χ1n) is 5.82. The Morgan fingerprint density at radius 2 is 2.29 bits per heavy atom. The predicted molar refractivity (Wildman–Crippen MR) is 64.9 cm³/mol. The van der Waals surface area contributed by atoms with Crippen molar-refractivity contribution in [3.8, 4) is 6.01 Å². The van der Waals surface area contributed by atoms with Gasteiger partial charge in [0.05, 0.1) is 11.9 Å². The van der Waals surface area contributed by atoms with Crippen LogP contribution in [0.4, 0.5) is 0 Å². The molecule has 5 nitrogen and oxygen atoms in total. The Balaban J connectivity index is 1.96. The lowest BCUT2D eigenvalue weighted by atomic mass is 10.2. The largest absolute Gasteiger partial charge is 0.430 e. The van der Waals surface area contributed by atoms with Gasteiger partial charge in [-0.2, -0.15) is 14.8 Å². The van der Waals surface area contributed by atoms with Gasteiger partial charge < -0.3 is 9.73 Å². The molecule has 0 atom stereocenters. The zero-order valence-corrected chi connectivity index (χ0v) is 10.5. The van der Waals surface area contributed by atoms with Crippen LogP contribution in [0.15, 0.2) is 23.1 Å². The van der Waals surface area contributed by atoms with Crippen molar-refractivity contribution in [2.45, 2.75) is 27.3 Å². The smallest absolute Gasteiger partial charge is 0.322 e. The SMILES string of the molecule is Cc1cnn(-c2nc(CNCC(C)C)co2)c1. The monoisotopic (exact) mass is 234 g/mol. The lowest BCUT2D eigenvalue weighted by molar-refractivity contribution is 0.508. The summed E-state index contributed by atoms with van der Waals surface area (Å²) in [7, 11) is 0. The van der Waals surface area contributed by atoms with Gasteiger partial charge in [-0.15, -0.1) is 0 Å². The number of nitrogens with one attached hydrogen (secondary N) is 1. The summed E-state index contributed by atoms with van der Waals surface area (Å²) in [5.74, 6) is 0.634. The highest BCUT2D eigenvalue weighted by Gasteiger charge is 2.06. The maximum absolute atomic E-state index is 5.37. The molecule has 0 aliphatic heterocycles. The third-order valence-electron chi connectivity index (χ3n) is 2.31. The number of hydrogen-bond acceptors (Lipinski definition) is 4. The maximum atomic E-state index is 5.37. The van der Waals surface area contributed by atoms with Crippen molar-refractivity contribution < 1.29 is 4.42 Å². The van der Waals surface area contributed by atoms with Gasteiger partial charge in [-0.25, -0.2) is 0 Å². The van der Waals surface area contributed by atoms with Crippen molar-refractivity contribution in [2.24, 2.45) is 5.92 Å². The van der Waals surface area contributed by atoms with Crippen LogP contribution in [0.25, 0.3) is 6.01 Å². The molecule has 0 saturated heterocycles. The molecule has 5 heteroatoms. The summed E-state index contributed by atoms with van der Waals surface area (Å²) in [6, 6.07) is 0.513. The fourth-order valence-electron chi connectivity index (χ4n) is 1.49. The van der Waals surface area contributed by atoms with Crippen LogP contribution in [0.5, 0.6) is 0 Å². The van der Waals surface area contributed by atoms with Crippen molar-refractivity contribution in [1.29, 1.82) is 0 Å². The molecule has 2 aromatic rings. The van der Waals surface area contributed by atoms with Crippen molar-refractivity contribution >= 4 is 0 Å². The number of nitrogens with zero attached hydrogens (tertiary/aromatic N) is 3. The van der Waals surface area contributed by atoms with Crippen LogP contribution >= 0.6 is 0 Å². The molecule has 2 rings (SSSR count). The van der Waals surface area contributed by atoms with E-state index in [-0.39, 0.29) is 0 Å². The Bertz CT molecular complexity index is 472. The lowest BCUT2D eigenvalue weighted by Gasteiger charge is -2.04. The van der Waals surface area contributed by atoms with Crippen molar-refractivity contribution in [3.05, 3.63) is 29.9 Å². The van der Waals surface area contributed by atoms with Gasteiger partial charge in [0.15, 0.2) is 0 Å². The first kappa shape index (κ1) is 11.9. The molecule has 0 bridgehead atoms. The van der Waals surface area contributed by atoms with Crippen LogP contribution in [0.3, 0.4) is 0 Å². The van der Waals surface area contributed by atoms with E-state index in [0.717, 1.165) is 24.3 Å². The highest BCUT2D eigenvalue weighted by atomic mass is 16.4. The molecule has 0 amide bonds. The van der Waals surface area contributed by atoms with Gasteiger partial charge in [0.25, 0.3) is 0 Å². The van der Waals surface area contributed by atoms with Gasteiger partial charge in [0.1, 0.15) is 6.26 Å². The second-order valence-electron chi connectivity index (χ2n) is 4.61. The van der Waals surface area contributed by atoms with E-state index in [1.165, 1.54) is 0 Å². The number of aromatic nitrogens is 3. The fraction of sp³-hybridized carbons (Fsp3) is 0.500. The molecule has 1 N–H and O–H groups in total. The van der Waals surface area contributed by atoms with Crippen molar-refractivity contribution in [2.75, 3.05) is 6.54 Å². The summed E-state index contributed by atoms with van der Waals surface area (Å²) in [5, 5.41) is 7.47. The summed E-state index contributed by atoms with van der Waals surface area (Å²) in [5.41, 5.74) is 1.98. The average Bonchev–Trinajstić information content (AvgIpc) is 2.86. The molecule has 0 saturated carbocycles. The summed E-state index contributed by atoms with van der Waals surface area (Å²) in [6.07, 6.45) is 5.33. The second-order valence-corrected chi connectivity index (χ2v) is 4.61. The first-order valence-corrected chi connectivity index (χ1v) is 5.82. The Morgan fingerprint density at radius 1 is 1.47 bits per heavy atom. The van der Waals surface area contributed by atoms with Crippen molar-refractivity contribution in [1.82, 2.24) is 20.1 Å². The van der Waals surface area contributed by atoms with E-state index in [2.05, 4.69) is 29.2 Å². The molecule has 0 fully saturated rings. The van der Waals surface area contributed by atoms with E-state index in [1.54, 1.807) is 17.1 Å². The molecule has 0 aliphatic carbocycles. The zero-order chi connectivity index (χ0) is 12.3. The standard InChI is InChI=1S/C12H18N4O/c1-9(2)4-13-6-11-8-17-12(15-11)16-7-10(3)5-14-16/h5,7-9,13H,4,6H2,1-3H3. The predicted octanol–water partition coefficient (Wildman–Crippen LogP) is 1.91. The van der Waals surface area contributed by atoms with Crippen LogP contribution in [0, 0.1) is 12.8 Å². The summed E-state index contributed by atoms with van der Waals surface area (Å²) < 4.78 is 7.01. The normalized spacial score (nSPS) is 11.3. The quantitative estimate of drug-likeness (QED) is 0.858. The number of aryl methyl sites for hydroxylation is 1. The van der Waals surface area contributed by atoms with Gasteiger partial charge in [-0.1, -0.05) is 13.8 Å². The molecule has 17 heavy (non-hydrogen) atoms. The van der Waals surface area contributed by atoms with Crippen molar-refractivity contribution in [3.63, 3.8) is 0 Å². The van der Waals surface area contributed by atoms with Crippen LogP contribution in [-0.4, -0.2) is 21.3 Å². The van der Waals surface area contributed by atoms with Gasteiger partial charge in [0.2, 0.25) is 0 Å². The molecule has 2 heterocycles. The maximum Gasteiger partial charge on any atom is 0.322 e. The van der Waals surface area contributed by atoms with E-state index in [0.29, 0.717) is 11.9 Å². The van der Waals surface area contributed by atoms with Crippen LogP contribution < -0.4 is 5.32 Å². The topological polar surface area (TPSA) is 55.9 Å².